The predicted molar refractivity (Wildman–Crippen MR) is 95.6 cm³/mol. The molecule has 0 N–H and O–H groups in total. The van der Waals surface area contributed by atoms with Crippen molar-refractivity contribution in [3.8, 4) is 0 Å². The van der Waals surface area contributed by atoms with Gasteiger partial charge in [-0.15, -0.1) is 11.3 Å². The van der Waals surface area contributed by atoms with Crippen molar-refractivity contribution in [1.29, 1.82) is 0 Å². The topological polar surface area (TPSA) is 36.4 Å². The number of thiazole rings is 1. The quantitative estimate of drug-likeness (QED) is 0.860. The van der Waals surface area contributed by atoms with Crippen LogP contribution in [0.3, 0.4) is 0 Å². The Kier molecular flexibility index (Phi) is 5.28. The van der Waals surface area contributed by atoms with Gasteiger partial charge in [0.1, 0.15) is 5.01 Å². The van der Waals surface area contributed by atoms with E-state index < -0.39 is 0 Å². The van der Waals surface area contributed by atoms with E-state index in [-0.39, 0.29) is 11.9 Å². The highest BCUT2D eigenvalue weighted by Crippen LogP contribution is 2.23. The maximum absolute atomic E-state index is 12.7. The fraction of sp³-hybridized carbons (Fsp3) is 0.556. The molecule has 23 heavy (non-hydrogen) atoms. The van der Waals surface area contributed by atoms with Crippen LogP contribution in [-0.2, 0) is 11.3 Å². The lowest BCUT2D eigenvalue weighted by atomic mass is 10.2. The molecule has 0 radical (unpaired) electrons. The fourth-order valence-electron chi connectivity index (χ4n) is 3.08. The monoisotopic (exact) mass is 331 g/mol. The molecule has 1 aliphatic heterocycles. The first-order valence-corrected chi connectivity index (χ1v) is 9.30. The van der Waals surface area contributed by atoms with Gasteiger partial charge in [-0.1, -0.05) is 25.0 Å². The van der Waals surface area contributed by atoms with E-state index in [2.05, 4.69) is 16.0 Å². The first-order chi connectivity index (χ1) is 11.1. The molecule has 1 unspecified atom stereocenters. The van der Waals surface area contributed by atoms with E-state index in [9.17, 15) is 4.79 Å². The minimum absolute atomic E-state index is 0.0971. The molecule has 0 saturated carbocycles. The van der Waals surface area contributed by atoms with Gasteiger partial charge in [0, 0.05) is 13.1 Å². The lowest BCUT2D eigenvalue weighted by molar-refractivity contribution is -0.136. The number of para-hydroxylation sites is 1. The summed E-state index contributed by atoms with van der Waals surface area (Å²) in [4.78, 5) is 21.6. The first-order valence-electron chi connectivity index (χ1n) is 8.48. The molecule has 2 aromatic rings. The van der Waals surface area contributed by atoms with Gasteiger partial charge in [-0.2, -0.15) is 0 Å². The third-order valence-corrected chi connectivity index (χ3v) is 5.68. The maximum atomic E-state index is 12.7. The standard InChI is InChI=1S/C18H25N3OS/c1-14(18(22)21-11-7-3-4-8-12-21)20(2)13-17-19-15-9-5-6-10-16(15)23-17/h5-6,9-10,14H,3-4,7-8,11-13H2,1-2H3. The zero-order valence-electron chi connectivity index (χ0n) is 14.0. The molecule has 1 saturated heterocycles. The Hall–Kier alpha value is -1.46. The van der Waals surface area contributed by atoms with Crippen LogP contribution in [0, 0.1) is 0 Å². The van der Waals surface area contributed by atoms with Crippen LogP contribution in [0.2, 0.25) is 0 Å². The summed E-state index contributed by atoms with van der Waals surface area (Å²) < 4.78 is 1.21. The van der Waals surface area contributed by atoms with Crippen LogP contribution in [0.25, 0.3) is 10.2 Å². The summed E-state index contributed by atoms with van der Waals surface area (Å²) in [6.07, 6.45) is 4.78. The third-order valence-electron chi connectivity index (χ3n) is 4.66. The molecule has 0 spiro atoms. The molecule has 2 heterocycles. The molecule has 5 heteroatoms. The number of benzene rings is 1. The summed E-state index contributed by atoms with van der Waals surface area (Å²) in [5.41, 5.74) is 1.05. The highest BCUT2D eigenvalue weighted by atomic mass is 32.1. The zero-order chi connectivity index (χ0) is 16.2. The number of amides is 1. The van der Waals surface area contributed by atoms with E-state index in [1.165, 1.54) is 17.5 Å². The first kappa shape index (κ1) is 16.4. The molecule has 124 valence electrons. The normalized spacial score (nSPS) is 17.4. The molecule has 1 aromatic heterocycles. The second-order valence-electron chi connectivity index (χ2n) is 6.41. The Balaban J connectivity index is 1.64. The van der Waals surface area contributed by atoms with Crippen molar-refractivity contribution in [3.05, 3.63) is 29.3 Å². The highest BCUT2D eigenvalue weighted by Gasteiger charge is 2.25. The van der Waals surface area contributed by atoms with E-state index >= 15 is 0 Å². The molecule has 3 rings (SSSR count). The Morgan fingerprint density at radius 2 is 1.96 bits per heavy atom. The minimum Gasteiger partial charge on any atom is -0.341 e. The lowest BCUT2D eigenvalue weighted by Crippen LogP contribution is -2.45. The molecule has 0 bridgehead atoms. The SMILES string of the molecule is CC(C(=O)N1CCCCCC1)N(C)Cc1nc2ccccc2s1. The van der Waals surface area contributed by atoms with E-state index in [0.717, 1.165) is 43.0 Å². The van der Waals surface area contributed by atoms with E-state index in [0.29, 0.717) is 0 Å². The molecule has 4 nitrogen and oxygen atoms in total. The van der Waals surface area contributed by atoms with Gasteiger partial charge in [-0.25, -0.2) is 4.98 Å². The number of hydrogen-bond donors (Lipinski definition) is 0. The molecule has 1 fully saturated rings. The number of rotatable bonds is 4. The van der Waals surface area contributed by atoms with E-state index in [1.54, 1.807) is 11.3 Å². The van der Waals surface area contributed by atoms with Crippen LogP contribution in [0.5, 0.6) is 0 Å². The summed E-state index contributed by atoms with van der Waals surface area (Å²) in [5.74, 6) is 0.260. The molecular weight excluding hydrogens is 306 g/mol. The van der Waals surface area contributed by atoms with Crippen molar-refractivity contribution in [1.82, 2.24) is 14.8 Å². The molecule has 0 aliphatic carbocycles. The van der Waals surface area contributed by atoms with Crippen LogP contribution >= 0.6 is 11.3 Å². The number of likely N-dealkylation sites (N-methyl/N-ethyl adjacent to an activating group) is 1. The smallest absolute Gasteiger partial charge is 0.239 e. The number of carbonyl (C=O) groups is 1. The zero-order valence-corrected chi connectivity index (χ0v) is 14.8. The number of nitrogens with zero attached hydrogens (tertiary/aromatic N) is 3. The molecule has 1 atom stereocenters. The number of aromatic nitrogens is 1. The summed E-state index contributed by atoms with van der Waals surface area (Å²) in [6.45, 7) is 4.57. The predicted octanol–water partition coefficient (Wildman–Crippen LogP) is 3.52. The molecular formula is C18H25N3OS. The average molecular weight is 331 g/mol. The van der Waals surface area contributed by atoms with Crippen molar-refractivity contribution in [3.63, 3.8) is 0 Å². The largest absolute Gasteiger partial charge is 0.341 e. The molecule has 1 aromatic carbocycles. The van der Waals surface area contributed by atoms with Gasteiger partial charge >= 0.3 is 0 Å². The van der Waals surface area contributed by atoms with Gasteiger partial charge < -0.3 is 4.90 Å². The third kappa shape index (κ3) is 3.90. The second kappa shape index (κ2) is 7.41. The summed E-state index contributed by atoms with van der Waals surface area (Å²) >= 11 is 1.72. The Morgan fingerprint density at radius 3 is 2.65 bits per heavy atom. The number of fused-ring (bicyclic) bond motifs is 1. The number of hydrogen-bond acceptors (Lipinski definition) is 4. The van der Waals surface area contributed by atoms with Gasteiger partial charge in [0.25, 0.3) is 0 Å². The highest BCUT2D eigenvalue weighted by molar-refractivity contribution is 7.18. The minimum atomic E-state index is -0.0971. The summed E-state index contributed by atoms with van der Waals surface area (Å²) in [5, 5.41) is 1.07. The van der Waals surface area contributed by atoms with Gasteiger partial charge in [0.05, 0.1) is 22.8 Å². The Labute approximate surface area is 142 Å². The van der Waals surface area contributed by atoms with Crippen molar-refractivity contribution in [2.24, 2.45) is 0 Å². The van der Waals surface area contributed by atoms with Crippen LogP contribution in [0.15, 0.2) is 24.3 Å². The lowest BCUT2D eigenvalue weighted by Gasteiger charge is -2.29. The van der Waals surface area contributed by atoms with Gasteiger partial charge in [-0.3, -0.25) is 9.69 Å². The molecule has 1 amide bonds. The van der Waals surface area contributed by atoms with Gasteiger partial charge in [0.15, 0.2) is 0 Å². The number of likely N-dealkylation sites (tertiary alicyclic amines) is 1. The fourth-order valence-corrected chi connectivity index (χ4v) is 4.11. The van der Waals surface area contributed by atoms with Crippen LogP contribution in [0.4, 0.5) is 0 Å². The molecule has 1 aliphatic rings. The Bertz CT molecular complexity index is 628. The Morgan fingerprint density at radius 1 is 1.26 bits per heavy atom. The van der Waals surface area contributed by atoms with Crippen LogP contribution in [-0.4, -0.2) is 46.9 Å². The summed E-state index contributed by atoms with van der Waals surface area (Å²) in [6, 6.07) is 8.10. The average Bonchev–Trinajstić information content (AvgIpc) is 2.77. The van der Waals surface area contributed by atoms with Crippen LogP contribution < -0.4 is 0 Å². The van der Waals surface area contributed by atoms with Crippen molar-refractivity contribution in [2.45, 2.75) is 45.2 Å². The van der Waals surface area contributed by atoms with Crippen molar-refractivity contribution in [2.75, 3.05) is 20.1 Å². The maximum Gasteiger partial charge on any atom is 0.239 e. The second-order valence-corrected chi connectivity index (χ2v) is 7.52. The van der Waals surface area contributed by atoms with Gasteiger partial charge in [-0.05, 0) is 38.9 Å². The number of carbonyl (C=O) groups excluding carboxylic acids is 1. The van der Waals surface area contributed by atoms with E-state index in [4.69, 9.17) is 0 Å². The van der Waals surface area contributed by atoms with E-state index in [1.807, 2.05) is 37.1 Å². The van der Waals surface area contributed by atoms with Crippen molar-refractivity contribution < 1.29 is 4.79 Å². The van der Waals surface area contributed by atoms with Gasteiger partial charge in [0.2, 0.25) is 5.91 Å². The van der Waals surface area contributed by atoms with Crippen LogP contribution in [0.1, 0.15) is 37.6 Å². The summed E-state index contributed by atoms with van der Waals surface area (Å²) in [7, 11) is 2.02. The van der Waals surface area contributed by atoms with Crippen molar-refractivity contribution >= 4 is 27.5 Å².